The second-order valence-corrected chi connectivity index (χ2v) is 6.74. The Morgan fingerprint density at radius 2 is 2.00 bits per heavy atom. The Labute approximate surface area is 168 Å². The molecule has 2 heterocycles. The van der Waals surface area contributed by atoms with Gasteiger partial charge in [0.25, 0.3) is 5.91 Å². The quantitative estimate of drug-likeness (QED) is 0.760. The maximum atomic E-state index is 13.7. The number of pyridine rings is 1. The number of amides is 1. The van der Waals surface area contributed by atoms with Crippen molar-refractivity contribution in [3.05, 3.63) is 64.4 Å². The minimum atomic E-state index is -1.09. The fourth-order valence-electron chi connectivity index (χ4n) is 3.19. The van der Waals surface area contributed by atoms with Gasteiger partial charge in [0, 0.05) is 12.2 Å². The summed E-state index contributed by atoms with van der Waals surface area (Å²) in [5.74, 6) is -2.56. The highest BCUT2D eigenvalue weighted by Gasteiger charge is 2.28. The van der Waals surface area contributed by atoms with Crippen LogP contribution in [0.2, 0.25) is 5.02 Å². The van der Waals surface area contributed by atoms with Crippen molar-refractivity contribution < 1.29 is 13.6 Å². The number of carbonyl (C=O) groups excluding carboxylic acids is 1. The molecule has 1 amide bonds. The molecule has 1 saturated heterocycles. The molecular formula is C19H21Cl2F2N3O. The molecule has 1 atom stereocenters. The van der Waals surface area contributed by atoms with E-state index >= 15 is 0 Å². The van der Waals surface area contributed by atoms with Crippen LogP contribution >= 0.6 is 24.0 Å². The van der Waals surface area contributed by atoms with Crippen LogP contribution in [-0.4, -0.2) is 34.9 Å². The normalized spacial score (nSPS) is 16.9. The van der Waals surface area contributed by atoms with Gasteiger partial charge in [0.15, 0.2) is 11.6 Å². The van der Waals surface area contributed by atoms with E-state index in [2.05, 4.69) is 10.3 Å². The predicted octanol–water partition coefficient (Wildman–Crippen LogP) is 4.22. The zero-order valence-electron chi connectivity index (χ0n) is 14.6. The van der Waals surface area contributed by atoms with E-state index in [0.29, 0.717) is 6.54 Å². The molecule has 1 unspecified atom stereocenters. The van der Waals surface area contributed by atoms with E-state index in [-0.39, 0.29) is 29.0 Å². The van der Waals surface area contributed by atoms with Gasteiger partial charge in [0.1, 0.15) is 0 Å². The zero-order valence-corrected chi connectivity index (χ0v) is 16.2. The Morgan fingerprint density at radius 1 is 1.22 bits per heavy atom. The van der Waals surface area contributed by atoms with Crippen LogP contribution in [0.3, 0.4) is 0 Å². The van der Waals surface area contributed by atoms with Crippen LogP contribution < -0.4 is 5.32 Å². The zero-order chi connectivity index (χ0) is 18.5. The van der Waals surface area contributed by atoms with Crippen LogP contribution in [0.5, 0.6) is 0 Å². The van der Waals surface area contributed by atoms with Gasteiger partial charge in [-0.15, -0.1) is 12.4 Å². The van der Waals surface area contributed by atoms with Crippen LogP contribution in [0, 0.1) is 11.6 Å². The third-order valence-corrected chi connectivity index (χ3v) is 4.86. The molecule has 0 bridgehead atoms. The van der Waals surface area contributed by atoms with E-state index in [0.717, 1.165) is 50.2 Å². The van der Waals surface area contributed by atoms with Crippen LogP contribution in [0.15, 0.2) is 36.5 Å². The second-order valence-electron chi connectivity index (χ2n) is 6.34. The van der Waals surface area contributed by atoms with Crippen LogP contribution in [-0.2, 0) is 6.54 Å². The molecule has 1 N–H and O–H groups in total. The average molecular weight is 416 g/mol. The van der Waals surface area contributed by atoms with Crippen molar-refractivity contribution in [3.63, 3.8) is 0 Å². The topological polar surface area (TPSA) is 45.2 Å². The number of rotatable bonds is 4. The van der Waals surface area contributed by atoms with Gasteiger partial charge in [0.05, 0.1) is 22.8 Å². The van der Waals surface area contributed by atoms with Gasteiger partial charge in [0.2, 0.25) is 0 Å². The van der Waals surface area contributed by atoms with E-state index in [1.165, 1.54) is 0 Å². The molecule has 2 aromatic rings. The van der Waals surface area contributed by atoms with Crippen molar-refractivity contribution in [1.29, 1.82) is 0 Å². The standard InChI is InChI=1S/C19H20ClF2N3O.ClH/c20-16-11-18(22)17(21)10-15(16)19(26)25(12-13-4-1-2-8-24-13)14-5-3-7-23-9-6-14;/h1-2,4,8,10-11,14,23H,3,5-7,9,12H2;1H. The molecule has 1 aliphatic heterocycles. The van der Waals surface area contributed by atoms with Gasteiger partial charge in [-0.1, -0.05) is 17.7 Å². The summed E-state index contributed by atoms with van der Waals surface area (Å²) >= 11 is 6.03. The van der Waals surface area contributed by atoms with Crippen molar-refractivity contribution in [1.82, 2.24) is 15.2 Å². The van der Waals surface area contributed by atoms with E-state index in [1.807, 2.05) is 12.1 Å². The fraction of sp³-hybridized carbons (Fsp3) is 0.368. The van der Waals surface area contributed by atoms with Crippen molar-refractivity contribution in [2.24, 2.45) is 0 Å². The largest absolute Gasteiger partial charge is 0.330 e. The van der Waals surface area contributed by atoms with Gasteiger partial charge < -0.3 is 10.2 Å². The average Bonchev–Trinajstić information content (AvgIpc) is 2.92. The summed E-state index contributed by atoms with van der Waals surface area (Å²) in [6.07, 6.45) is 4.20. The lowest BCUT2D eigenvalue weighted by molar-refractivity contribution is 0.0642. The van der Waals surface area contributed by atoms with Gasteiger partial charge >= 0.3 is 0 Å². The first kappa shape index (κ1) is 21.5. The summed E-state index contributed by atoms with van der Waals surface area (Å²) < 4.78 is 27.1. The highest BCUT2D eigenvalue weighted by atomic mass is 35.5. The molecule has 0 radical (unpaired) electrons. The highest BCUT2D eigenvalue weighted by Crippen LogP contribution is 2.25. The number of hydrogen-bond donors (Lipinski definition) is 1. The lowest BCUT2D eigenvalue weighted by Gasteiger charge is -2.31. The van der Waals surface area contributed by atoms with E-state index < -0.39 is 17.5 Å². The van der Waals surface area contributed by atoms with Crippen molar-refractivity contribution in [2.45, 2.75) is 31.8 Å². The minimum absolute atomic E-state index is 0. The molecule has 146 valence electrons. The lowest BCUT2D eigenvalue weighted by Crippen LogP contribution is -2.40. The van der Waals surface area contributed by atoms with Gasteiger partial charge in [-0.25, -0.2) is 8.78 Å². The molecule has 1 fully saturated rings. The van der Waals surface area contributed by atoms with Gasteiger partial charge in [-0.05, 0) is 56.6 Å². The Bertz CT molecular complexity index is 769. The van der Waals surface area contributed by atoms with Gasteiger partial charge in [-0.2, -0.15) is 0 Å². The monoisotopic (exact) mass is 415 g/mol. The van der Waals surface area contributed by atoms with E-state index in [4.69, 9.17) is 11.6 Å². The number of benzene rings is 1. The minimum Gasteiger partial charge on any atom is -0.330 e. The van der Waals surface area contributed by atoms with Crippen molar-refractivity contribution in [2.75, 3.05) is 13.1 Å². The lowest BCUT2D eigenvalue weighted by atomic mass is 10.0. The van der Waals surface area contributed by atoms with Crippen molar-refractivity contribution >= 4 is 29.9 Å². The Morgan fingerprint density at radius 3 is 2.74 bits per heavy atom. The van der Waals surface area contributed by atoms with Gasteiger partial charge in [-0.3, -0.25) is 9.78 Å². The molecular weight excluding hydrogens is 395 g/mol. The Kier molecular flexibility index (Phi) is 7.95. The summed E-state index contributed by atoms with van der Waals surface area (Å²) in [6.45, 7) is 1.98. The number of carbonyl (C=O) groups is 1. The smallest absolute Gasteiger partial charge is 0.256 e. The molecule has 3 rings (SSSR count). The third kappa shape index (κ3) is 5.37. The Balaban J connectivity index is 0.00000261. The number of nitrogens with one attached hydrogen (secondary N) is 1. The SMILES string of the molecule is Cl.O=C(c1cc(F)c(F)cc1Cl)N(Cc1ccccn1)C1CCCNCC1. The Hall–Kier alpha value is -1.76. The third-order valence-electron chi connectivity index (χ3n) is 4.55. The second kappa shape index (κ2) is 9.97. The van der Waals surface area contributed by atoms with Crippen molar-refractivity contribution in [3.8, 4) is 0 Å². The summed E-state index contributed by atoms with van der Waals surface area (Å²) in [4.78, 5) is 19.1. The predicted molar refractivity (Wildman–Crippen MR) is 103 cm³/mol. The fourth-order valence-corrected chi connectivity index (χ4v) is 3.42. The molecule has 1 aromatic carbocycles. The maximum Gasteiger partial charge on any atom is 0.256 e. The molecule has 1 aliphatic rings. The first-order valence-corrected chi connectivity index (χ1v) is 9.00. The summed E-state index contributed by atoms with van der Waals surface area (Å²) in [6, 6.07) is 7.19. The number of hydrogen-bond acceptors (Lipinski definition) is 3. The molecule has 0 aliphatic carbocycles. The summed E-state index contributed by atoms with van der Waals surface area (Å²) in [5, 5.41) is 3.22. The van der Waals surface area contributed by atoms with Crippen LogP contribution in [0.4, 0.5) is 8.78 Å². The summed E-state index contributed by atoms with van der Waals surface area (Å²) in [5.41, 5.74) is 0.704. The summed E-state index contributed by atoms with van der Waals surface area (Å²) in [7, 11) is 0. The van der Waals surface area contributed by atoms with E-state index in [1.54, 1.807) is 17.2 Å². The molecule has 8 heteroatoms. The van der Waals surface area contributed by atoms with E-state index in [9.17, 15) is 13.6 Å². The first-order chi connectivity index (χ1) is 12.6. The van der Waals surface area contributed by atoms with Crippen LogP contribution in [0.25, 0.3) is 0 Å². The maximum absolute atomic E-state index is 13.7. The molecule has 0 saturated carbocycles. The first-order valence-electron chi connectivity index (χ1n) is 8.62. The molecule has 4 nitrogen and oxygen atoms in total. The molecule has 0 spiro atoms. The molecule has 1 aromatic heterocycles. The highest BCUT2D eigenvalue weighted by molar-refractivity contribution is 6.33. The molecule has 27 heavy (non-hydrogen) atoms. The number of aromatic nitrogens is 1. The van der Waals surface area contributed by atoms with Crippen LogP contribution in [0.1, 0.15) is 35.3 Å². The number of halogens is 4. The number of nitrogens with zero attached hydrogens (tertiary/aromatic N) is 2.